The van der Waals surface area contributed by atoms with Crippen molar-refractivity contribution in [2.75, 3.05) is 13.7 Å². The maximum atomic E-state index is 10.9. The Morgan fingerprint density at radius 3 is 2.79 bits per heavy atom. The van der Waals surface area contributed by atoms with Crippen molar-refractivity contribution in [3.63, 3.8) is 0 Å². The standard InChI is InChI=1S/C22H20N2O4S/c1-27-19-14-15(9-10-18(19)28-12-11-23)13-16(5-4-8-21(25)26)22-24-17-6-2-3-7-20(17)29-22/h2-3,6-7,9-10,13-14H,4-5,8,12H2,1H3,(H,25,26)/b16-13+. The molecule has 7 heteroatoms. The van der Waals surface area contributed by atoms with E-state index in [1.807, 2.05) is 48.5 Å². The number of aliphatic carboxylic acids is 1. The SMILES string of the molecule is COc1cc(/C=C(\CCCC(=O)O)c2nc3ccccc3s2)ccc1OCC#N. The van der Waals surface area contributed by atoms with Crippen molar-refractivity contribution in [1.82, 2.24) is 4.98 Å². The van der Waals surface area contributed by atoms with Crippen LogP contribution in [0.1, 0.15) is 29.8 Å². The van der Waals surface area contributed by atoms with Crippen molar-refractivity contribution in [2.45, 2.75) is 19.3 Å². The van der Waals surface area contributed by atoms with Crippen molar-refractivity contribution < 1.29 is 19.4 Å². The molecule has 3 aromatic rings. The van der Waals surface area contributed by atoms with Gasteiger partial charge in [0.1, 0.15) is 11.1 Å². The normalized spacial score (nSPS) is 11.2. The van der Waals surface area contributed by atoms with Gasteiger partial charge in [0.15, 0.2) is 18.1 Å². The zero-order valence-electron chi connectivity index (χ0n) is 15.9. The fourth-order valence-electron chi connectivity index (χ4n) is 2.88. The fraction of sp³-hybridized carbons (Fsp3) is 0.227. The molecule has 0 saturated carbocycles. The van der Waals surface area contributed by atoms with E-state index in [4.69, 9.17) is 24.8 Å². The lowest BCUT2D eigenvalue weighted by Crippen LogP contribution is -1.97. The van der Waals surface area contributed by atoms with Crippen LogP contribution in [0.2, 0.25) is 0 Å². The molecule has 0 spiro atoms. The average molecular weight is 408 g/mol. The van der Waals surface area contributed by atoms with Crippen LogP contribution in [-0.4, -0.2) is 29.8 Å². The van der Waals surface area contributed by atoms with Crippen molar-refractivity contribution in [2.24, 2.45) is 0 Å². The van der Waals surface area contributed by atoms with Gasteiger partial charge in [-0.1, -0.05) is 18.2 Å². The van der Waals surface area contributed by atoms with E-state index in [0.29, 0.717) is 24.3 Å². The number of carbonyl (C=O) groups is 1. The maximum Gasteiger partial charge on any atom is 0.303 e. The highest BCUT2D eigenvalue weighted by Gasteiger charge is 2.12. The summed E-state index contributed by atoms with van der Waals surface area (Å²) in [5, 5.41) is 18.6. The second kappa shape index (κ2) is 9.71. The van der Waals surface area contributed by atoms with E-state index >= 15 is 0 Å². The van der Waals surface area contributed by atoms with Crippen molar-refractivity contribution in [3.8, 4) is 17.6 Å². The summed E-state index contributed by atoms with van der Waals surface area (Å²) < 4.78 is 11.8. The molecule has 0 amide bonds. The first-order valence-electron chi connectivity index (χ1n) is 9.07. The quantitative estimate of drug-likeness (QED) is 0.535. The highest BCUT2D eigenvalue weighted by atomic mass is 32.1. The van der Waals surface area contributed by atoms with Crippen LogP contribution in [-0.2, 0) is 4.79 Å². The third-order valence-electron chi connectivity index (χ3n) is 4.23. The summed E-state index contributed by atoms with van der Waals surface area (Å²) >= 11 is 1.59. The molecule has 29 heavy (non-hydrogen) atoms. The third kappa shape index (κ3) is 5.33. The van der Waals surface area contributed by atoms with E-state index in [1.54, 1.807) is 24.5 Å². The average Bonchev–Trinajstić information content (AvgIpc) is 3.15. The number of hydrogen-bond acceptors (Lipinski definition) is 6. The summed E-state index contributed by atoms with van der Waals surface area (Å²) in [4.78, 5) is 15.7. The largest absolute Gasteiger partial charge is 0.493 e. The topological polar surface area (TPSA) is 92.4 Å². The van der Waals surface area contributed by atoms with E-state index in [2.05, 4.69) is 0 Å². The molecule has 0 bridgehead atoms. The Bertz CT molecular complexity index is 1050. The summed E-state index contributed by atoms with van der Waals surface area (Å²) in [6.45, 7) is -0.0578. The lowest BCUT2D eigenvalue weighted by Gasteiger charge is -2.10. The van der Waals surface area contributed by atoms with Crippen LogP contribution in [0.5, 0.6) is 11.5 Å². The van der Waals surface area contributed by atoms with Gasteiger partial charge in [0.2, 0.25) is 0 Å². The zero-order valence-corrected chi connectivity index (χ0v) is 16.7. The number of rotatable bonds is 9. The predicted molar refractivity (Wildman–Crippen MR) is 113 cm³/mol. The van der Waals surface area contributed by atoms with Gasteiger partial charge in [-0.3, -0.25) is 4.79 Å². The fourth-order valence-corrected chi connectivity index (χ4v) is 3.89. The Morgan fingerprint density at radius 1 is 1.24 bits per heavy atom. The molecule has 1 aromatic heterocycles. The van der Waals surface area contributed by atoms with Gasteiger partial charge in [-0.15, -0.1) is 11.3 Å². The number of benzene rings is 2. The highest BCUT2D eigenvalue weighted by molar-refractivity contribution is 7.19. The second-order valence-electron chi connectivity index (χ2n) is 6.26. The minimum absolute atomic E-state index is 0.0578. The molecule has 0 radical (unpaired) electrons. The molecular weight excluding hydrogens is 388 g/mol. The molecule has 2 aromatic carbocycles. The van der Waals surface area contributed by atoms with Gasteiger partial charge >= 0.3 is 5.97 Å². The van der Waals surface area contributed by atoms with Crippen LogP contribution in [0.4, 0.5) is 0 Å². The lowest BCUT2D eigenvalue weighted by molar-refractivity contribution is -0.137. The first-order chi connectivity index (χ1) is 14.1. The molecule has 6 nitrogen and oxygen atoms in total. The van der Waals surface area contributed by atoms with E-state index in [0.717, 1.165) is 26.4 Å². The van der Waals surface area contributed by atoms with Crippen LogP contribution in [0.3, 0.4) is 0 Å². The number of carboxylic acid groups (broad SMARTS) is 1. The number of carboxylic acids is 1. The molecule has 0 unspecified atom stereocenters. The molecule has 0 aliphatic rings. The molecule has 1 N–H and O–H groups in total. The predicted octanol–water partition coefficient (Wildman–Crippen LogP) is 5.00. The number of allylic oxidation sites excluding steroid dienone is 1. The molecule has 1 heterocycles. The monoisotopic (exact) mass is 408 g/mol. The van der Waals surface area contributed by atoms with Gasteiger partial charge in [0.25, 0.3) is 0 Å². The van der Waals surface area contributed by atoms with Gasteiger partial charge in [0, 0.05) is 6.42 Å². The smallest absolute Gasteiger partial charge is 0.303 e. The Kier molecular flexibility index (Phi) is 6.82. The molecule has 0 aliphatic carbocycles. The van der Waals surface area contributed by atoms with Crippen LogP contribution in [0, 0.1) is 11.3 Å². The molecule has 0 saturated heterocycles. The Labute approximate surface area is 172 Å². The van der Waals surface area contributed by atoms with E-state index < -0.39 is 5.97 Å². The summed E-state index contributed by atoms with van der Waals surface area (Å²) in [6, 6.07) is 15.3. The van der Waals surface area contributed by atoms with Crippen LogP contribution in [0.25, 0.3) is 21.9 Å². The number of nitrogens with zero attached hydrogens (tertiary/aromatic N) is 2. The first kappa shape index (κ1) is 20.4. The van der Waals surface area contributed by atoms with E-state index in [9.17, 15) is 4.79 Å². The first-order valence-corrected chi connectivity index (χ1v) is 9.88. The van der Waals surface area contributed by atoms with Gasteiger partial charge in [0.05, 0.1) is 17.3 Å². The van der Waals surface area contributed by atoms with Gasteiger partial charge in [-0.25, -0.2) is 4.98 Å². The number of methoxy groups -OCH3 is 1. The van der Waals surface area contributed by atoms with Crippen LogP contribution < -0.4 is 9.47 Å². The molecular formula is C22H20N2O4S. The summed E-state index contributed by atoms with van der Waals surface area (Å²) in [5.74, 6) is 0.219. The number of fused-ring (bicyclic) bond motifs is 1. The van der Waals surface area contributed by atoms with Crippen molar-refractivity contribution in [1.29, 1.82) is 5.26 Å². The summed E-state index contributed by atoms with van der Waals surface area (Å²) in [6.07, 6.45) is 3.22. The van der Waals surface area contributed by atoms with Crippen LogP contribution >= 0.6 is 11.3 Å². The number of ether oxygens (including phenoxy) is 2. The van der Waals surface area contributed by atoms with E-state index in [-0.39, 0.29) is 13.0 Å². The molecule has 3 rings (SSSR count). The maximum absolute atomic E-state index is 10.9. The molecule has 0 fully saturated rings. The Hall–Kier alpha value is -3.37. The number of aromatic nitrogens is 1. The summed E-state index contributed by atoms with van der Waals surface area (Å²) in [7, 11) is 1.55. The van der Waals surface area contributed by atoms with E-state index in [1.165, 1.54) is 0 Å². The zero-order chi connectivity index (χ0) is 20.6. The third-order valence-corrected chi connectivity index (χ3v) is 5.34. The Balaban J connectivity index is 1.95. The Morgan fingerprint density at radius 2 is 2.07 bits per heavy atom. The number of para-hydroxylation sites is 1. The number of hydrogen-bond donors (Lipinski definition) is 1. The minimum Gasteiger partial charge on any atom is -0.493 e. The number of nitriles is 1. The van der Waals surface area contributed by atoms with Crippen LogP contribution in [0.15, 0.2) is 42.5 Å². The molecule has 0 atom stereocenters. The van der Waals surface area contributed by atoms with Gasteiger partial charge in [-0.2, -0.15) is 5.26 Å². The molecule has 0 aliphatic heterocycles. The number of thiazole rings is 1. The van der Waals surface area contributed by atoms with Crippen molar-refractivity contribution in [3.05, 3.63) is 53.0 Å². The second-order valence-corrected chi connectivity index (χ2v) is 7.29. The summed E-state index contributed by atoms with van der Waals surface area (Å²) in [5.41, 5.74) is 2.78. The van der Waals surface area contributed by atoms with Crippen molar-refractivity contribution >= 4 is 39.2 Å². The highest BCUT2D eigenvalue weighted by Crippen LogP contribution is 2.33. The molecule has 148 valence electrons. The van der Waals surface area contributed by atoms with Gasteiger partial charge in [-0.05, 0) is 54.3 Å². The lowest BCUT2D eigenvalue weighted by atomic mass is 10.0. The minimum atomic E-state index is -0.811. The van der Waals surface area contributed by atoms with Gasteiger partial charge < -0.3 is 14.6 Å².